The lowest BCUT2D eigenvalue weighted by molar-refractivity contribution is -0.112. The molecule has 1 aliphatic heterocycles. The van der Waals surface area contributed by atoms with Crippen LogP contribution >= 0.6 is 0 Å². The van der Waals surface area contributed by atoms with Crippen LogP contribution in [-0.2, 0) is 4.79 Å². The van der Waals surface area contributed by atoms with E-state index in [1.165, 1.54) is 0 Å². The number of hydrogen-bond donors (Lipinski definition) is 1. The van der Waals surface area contributed by atoms with Gasteiger partial charge in [0.2, 0.25) is 5.84 Å². The first-order valence-electron chi connectivity index (χ1n) is 4.01. The average molecular weight is 182 g/mol. The molecule has 0 fully saturated rings. The van der Waals surface area contributed by atoms with Gasteiger partial charge < -0.3 is 10.6 Å². The maximum absolute atomic E-state index is 10.8. The van der Waals surface area contributed by atoms with Crippen LogP contribution in [0, 0.1) is 0 Å². The summed E-state index contributed by atoms with van der Waals surface area (Å²) in [5.41, 5.74) is 4.64. The molecule has 0 saturated heterocycles. The summed E-state index contributed by atoms with van der Waals surface area (Å²) in [6.07, 6.45) is 0. The minimum atomic E-state index is -0.579. The van der Waals surface area contributed by atoms with Crippen molar-refractivity contribution in [2.24, 2.45) is 15.7 Å². The van der Waals surface area contributed by atoms with Crippen molar-refractivity contribution in [1.82, 2.24) is 4.90 Å². The van der Waals surface area contributed by atoms with Gasteiger partial charge in [-0.2, -0.15) is 0 Å². The third kappa shape index (κ3) is 1.68. The Balaban J connectivity index is 3.04. The lowest BCUT2D eigenvalue weighted by atomic mass is 10.1. The monoisotopic (exact) mass is 182 g/mol. The molecule has 2 N–H and O–H groups in total. The Morgan fingerprint density at radius 1 is 1.46 bits per heavy atom. The van der Waals surface area contributed by atoms with E-state index in [1.807, 2.05) is 32.8 Å². The zero-order valence-corrected chi connectivity index (χ0v) is 8.33. The van der Waals surface area contributed by atoms with Gasteiger partial charge in [0.1, 0.15) is 11.4 Å². The molecule has 5 nitrogen and oxygen atoms in total. The normalized spacial score (nSPS) is 19.4. The van der Waals surface area contributed by atoms with Gasteiger partial charge in [0.15, 0.2) is 0 Å². The number of carbonyl (C=O) groups is 1. The number of hydrogen-bond acceptors (Lipinski definition) is 4. The van der Waals surface area contributed by atoms with Crippen molar-refractivity contribution in [3.8, 4) is 0 Å². The van der Waals surface area contributed by atoms with E-state index in [-0.39, 0.29) is 5.84 Å². The van der Waals surface area contributed by atoms with Gasteiger partial charge in [-0.1, -0.05) is 0 Å². The summed E-state index contributed by atoms with van der Waals surface area (Å²) >= 11 is 0. The Hall–Kier alpha value is -1.39. The van der Waals surface area contributed by atoms with Crippen molar-refractivity contribution < 1.29 is 4.79 Å². The Labute approximate surface area is 77.3 Å². The van der Waals surface area contributed by atoms with Gasteiger partial charge >= 0.3 is 0 Å². The molecule has 0 aromatic heterocycles. The number of likely N-dealkylation sites (N-methyl/N-ethyl adjacent to an activating group) is 1. The third-order valence-electron chi connectivity index (χ3n) is 1.79. The molecule has 1 rings (SSSR count). The van der Waals surface area contributed by atoms with Crippen molar-refractivity contribution in [2.75, 3.05) is 14.1 Å². The minimum Gasteiger partial charge on any atom is -0.364 e. The fourth-order valence-electron chi connectivity index (χ4n) is 1.33. The third-order valence-corrected chi connectivity index (χ3v) is 1.79. The van der Waals surface area contributed by atoms with Gasteiger partial charge in [0.25, 0.3) is 5.91 Å². The number of primary amides is 1. The van der Waals surface area contributed by atoms with Gasteiger partial charge in [0.05, 0.1) is 0 Å². The van der Waals surface area contributed by atoms with Crippen molar-refractivity contribution in [3.63, 3.8) is 0 Å². The Bertz CT molecular complexity index is 301. The van der Waals surface area contributed by atoms with Crippen LogP contribution in [-0.4, -0.2) is 42.1 Å². The smallest absolute Gasteiger partial charge is 0.286 e. The van der Waals surface area contributed by atoms with Crippen molar-refractivity contribution in [2.45, 2.75) is 19.4 Å². The van der Waals surface area contributed by atoms with E-state index in [0.29, 0.717) is 0 Å². The van der Waals surface area contributed by atoms with E-state index < -0.39 is 11.4 Å². The number of nitrogens with two attached hydrogens (primary N) is 1. The zero-order valence-electron chi connectivity index (χ0n) is 8.33. The highest BCUT2D eigenvalue weighted by molar-refractivity contribution is 6.41. The van der Waals surface area contributed by atoms with Gasteiger partial charge in [-0.25, -0.2) is 9.98 Å². The molecular weight excluding hydrogens is 168 g/mol. The second-order valence-electron chi connectivity index (χ2n) is 3.69. The molecule has 0 atom stereocenters. The molecule has 0 unspecified atom stereocenters. The summed E-state index contributed by atoms with van der Waals surface area (Å²) in [5, 5.41) is 0. The molecule has 0 aliphatic carbocycles. The van der Waals surface area contributed by atoms with Gasteiger partial charge in [-0.05, 0) is 13.8 Å². The first kappa shape index (κ1) is 9.70. The summed E-state index contributed by atoms with van der Waals surface area (Å²) in [6, 6.07) is 0. The number of aliphatic imine (C=N–C) groups is 2. The molecular formula is C8H14N4O. The molecule has 13 heavy (non-hydrogen) atoms. The van der Waals surface area contributed by atoms with Crippen LogP contribution in [0.3, 0.4) is 0 Å². The maximum Gasteiger partial charge on any atom is 0.286 e. The van der Waals surface area contributed by atoms with Crippen molar-refractivity contribution >= 4 is 17.6 Å². The largest absolute Gasteiger partial charge is 0.364 e. The van der Waals surface area contributed by atoms with Crippen LogP contribution in [0.25, 0.3) is 0 Å². The predicted molar refractivity (Wildman–Crippen MR) is 51.8 cm³/mol. The summed E-state index contributed by atoms with van der Waals surface area (Å²) < 4.78 is 0. The highest BCUT2D eigenvalue weighted by Gasteiger charge is 2.33. The second-order valence-corrected chi connectivity index (χ2v) is 3.69. The SMILES string of the molecule is CN(C)C1=NC(C(N)=O)=NC1(C)C. The van der Waals surface area contributed by atoms with Crippen LogP contribution in [0.2, 0.25) is 0 Å². The lowest BCUT2D eigenvalue weighted by Crippen LogP contribution is -2.37. The van der Waals surface area contributed by atoms with Crippen molar-refractivity contribution in [3.05, 3.63) is 0 Å². The van der Waals surface area contributed by atoms with Gasteiger partial charge in [0, 0.05) is 14.1 Å². The molecule has 0 radical (unpaired) electrons. The van der Waals surface area contributed by atoms with E-state index in [1.54, 1.807) is 0 Å². The first-order chi connectivity index (χ1) is 5.84. The molecule has 0 saturated carbocycles. The standard InChI is InChI=1S/C8H14N4O/c1-8(2)7(12(3)4)10-6(11-8)5(9)13/h1-4H3,(H2,9,13). The molecule has 72 valence electrons. The van der Waals surface area contributed by atoms with Crippen LogP contribution in [0.5, 0.6) is 0 Å². The zero-order chi connectivity index (χ0) is 10.2. The molecule has 1 aliphatic rings. The molecule has 5 heteroatoms. The Morgan fingerprint density at radius 2 is 2.00 bits per heavy atom. The van der Waals surface area contributed by atoms with E-state index >= 15 is 0 Å². The van der Waals surface area contributed by atoms with E-state index in [9.17, 15) is 4.79 Å². The van der Waals surface area contributed by atoms with Crippen LogP contribution in [0.15, 0.2) is 9.98 Å². The van der Waals surface area contributed by atoms with Crippen LogP contribution in [0.1, 0.15) is 13.8 Å². The fourth-order valence-corrected chi connectivity index (χ4v) is 1.33. The van der Waals surface area contributed by atoms with Crippen molar-refractivity contribution in [1.29, 1.82) is 0 Å². The number of nitrogens with zero attached hydrogens (tertiary/aromatic N) is 3. The minimum absolute atomic E-state index is 0.105. The van der Waals surface area contributed by atoms with Crippen LogP contribution < -0.4 is 5.73 Å². The summed E-state index contributed by atoms with van der Waals surface area (Å²) in [4.78, 5) is 20.8. The highest BCUT2D eigenvalue weighted by Crippen LogP contribution is 2.19. The van der Waals surface area contributed by atoms with E-state index in [0.717, 1.165) is 5.84 Å². The lowest BCUT2D eigenvalue weighted by Gasteiger charge is -2.23. The number of amides is 1. The number of rotatable bonds is 1. The molecule has 0 bridgehead atoms. The summed E-state index contributed by atoms with van der Waals surface area (Å²) in [6.45, 7) is 3.78. The Morgan fingerprint density at radius 3 is 2.23 bits per heavy atom. The maximum atomic E-state index is 10.8. The van der Waals surface area contributed by atoms with E-state index in [2.05, 4.69) is 9.98 Å². The molecule has 0 aromatic rings. The number of amidine groups is 2. The molecule has 1 amide bonds. The van der Waals surface area contributed by atoms with Crippen LogP contribution in [0.4, 0.5) is 0 Å². The predicted octanol–water partition coefficient (Wildman–Crippen LogP) is -0.377. The summed E-state index contributed by atoms with van der Waals surface area (Å²) in [7, 11) is 3.72. The highest BCUT2D eigenvalue weighted by atomic mass is 16.1. The first-order valence-corrected chi connectivity index (χ1v) is 4.01. The molecule has 0 spiro atoms. The van der Waals surface area contributed by atoms with Gasteiger partial charge in [-0.15, -0.1) is 0 Å². The second kappa shape index (κ2) is 2.83. The quantitative estimate of drug-likeness (QED) is 0.600. The summed E-state index contributed by atoms with van der Waals surface area (Å²) in [5.74, 6) is 0.278. The van der Waals surface area contributed by atoms with E-state index in [4.69, 9.17) is 5.73 Å². The fraction of sp³-hybridized carbons (Fsp3) is 0.625. The topological polar surface area (TPSA) is 71.0 Å². The number of carbonyl (C=O) groups excluding carboxylic acids is 1. The van der Waals surface area contributed by atoms with Gasteiger partial charge in [-0.3, -0.25) is 4.79 Å². The molecule has 0 aromatic carbocycles. The Kier molecular flexibility index (Phi) is 2.11. The average Bonchev–Trinajstić information content (AvgIpc) is 2.25. The molecule has 1 heterocycles.